The highest BCUT2D eigenvalue weighted by atomic mass is 32.2. The predicted molar refractivity (Wildman–Crippen MR) is 88.8 cm³/mol. The minimum Gasteiger partial charge on any atom is -0.250 e. The molecule has 0 fully saturated rings. The van der Waals surface area contributed by atoms with Gasteiger partial charge in [-0.25, -0.2) is 17.8 Å². The Kier molecular flexibility index (Phi) is 4.12. The topological polar surface area (TPSA) is 76.9 Å². The number of rotatable bonds is 5. The number of hydrogen-bond acceptors (Lipinski definition) is 4. The quantitative estimate of drug-likeness (QED) is 0.781. The minimum absolute atomic E-state index is 0.0570. The van der Waals surface area contributed by atoms with Gasteiger partial charge in [-0.1, -0.05) is 48.0 Å². The van der Waals surface area contributed by atoms with Crippen molar-refractivity contribution in [3.05, 3.63) is 72.1 Å². The van der Waals surface area contributed by atoms with E-state index in [-0.39, 0.29) is 11.7 Å². The van der Waals surface area contributed by atoms with Crippen molar-refractivity contribution in [2.75, 3.05) is 4.72 Å². The maximum atomic E-state index is 12.2. The van der Waals surface area contributed by atoms with E-state index in [1.54, 1.807) is 6.07 Å². The molecule has 0 radical (unpaired) electrons. The van der Waals surface area contributed by atoms with Crippen LogP contribution in [-0.4, -0.2) is 23.2 Å². The molecule has 1 N–H and O–H groups in total. The third-order valence-corrected chi connectivity index (χ3v) is 4.41. The van der Waals surface area contributed by atoms with Gasteiger partial charge in [-0.15, -0.1) is 5.10 Å². The first-order chi connectivity index (χ1) is 11.0. The summed E-state index contributed by atoms with van der Waals surface area (Å²) in [6.45, 7) is 1.92. The zero-order chi connectivity index (χ0) is 16.3. The van der Waals surface area contributed by atoms with E-state index < -0.39 is 10.0 Å². The Hall–Kier alpha value is -2.67. The van der Waals surface area contributed by atoms with Crippen molar-refractivity contribution in [3.63, 3.8) is 0 Å². The molecule has 0 spiro atoms. The predicted octanol–water partition coefficient (Wildman–Crippen LogP) is 2.52. The van der Waals surface area contributed by atoms with E-state index in [0.717, 1.165) is 16.8 Å². The number of anilines is 1. The lowest BCUT2D eigenvalue weighted by Gasteiger charge is -2.05. The minimum atomic E-state index is -3.56. The van der Waals surface area contributed by atoms with Crippen LogP contribution in [0.1, 0.15) is 11.1 Å². The lowest BCUT2D eigenvalue weighted by molar-refractivity contribution is 0.600. The average molecular weight is 328 g/mol. The molecular formula is C16H16N4O2S. The molecule has 1 aromatic heterocycles. The van der Waals surface area contributed by atoms with Crippen LogP contribution in [0.15, 0.2) is 60.9 Å². The van der Waals surface area contributed by atoms with Crippen molar-refractivity contribution in [3.8, 4) is 5.69 Å². The molecule has 0 amide bonds. The third-order valence-electron chi connectivity index (χ3n) is 3.20. The van der Waals surface area contributed by atoms with Crippen molar-refractivity contribution < 1.29 is 8.42 Å². The first kappa shape index (κ1) is 15.2. The van der Waals surface area contributed by atoms with E-state index in [4.69, 9.17) is 0 Å². The Bertz CT molecular complexity index is 905. The van der Waals surface area contributed by atoms with Crippen molar-refractivity contribution in [2.45, 2.75) is 12.7 Å². The molecule has 3 rings (SSSR count). The van der Waals surface area contributed by atoms with E-state index >= 15 is 0 Å². The van der Waals surface area contributed by atoms with Gasteiger partial charge < -0.3 is 0 Å². The maximum Gasteiger partial charge on any atom is 0.256 e. The molecule has 3 aromatic rings. The maximum absolute atomic E-state index is 12.2. The Morgan fingerprint density at radius 1 is 1.09 bits per heavy atom. The molecule has 1 heterocycles. The molecule has 2 aromatic carbocycles. The molecule has 0 aliphatic heterocycles. The summed E-state index contributed by atoms with van der Waals surface area (Å²) in [6, 6.07) is 16.7. The second kappa shape index (κ2) is 6.21. The molecule has 7 heteroatoms. The summed E-state index contributed by atoms with van der Waals surface area (Å²) in [5, 5.41) is 4.14. The molecule has 23 heavy (non-hydrogen) atoms. The second-order valence-electron chi connectivity index (χ2n) is 5.20. The van der Waals surface area contributed by atoms with E-state index in [2.05, 4.69) is 14.8 Å². The van der Waals surface area contributed by atoms with Crippen LogP contribution >= 0.6 is 0 Å². The van der Waals surface area contributed by atoms with Gasteiger partial charge in [0.1, 0.15) is 6.33 Å². The fourth-order valence-electron chi connectivity index (χ4n) is 2.21. The first-order valence-electron chi connectivity index (χ1n) is 7.05. The molecule has 0 saturated carbocycles. The number of sulfonamides is 1. The Morgan fingerprint density at radius 3 is 2.61 bits per heavy atom. The Morgan fingerprint density at radius 2 is 1.87 bits per heavy atom. The monoisotopic (exact) mass is 328 g/mol. The van der Waals surface area contributed by atoms with E-state index in [1.165, 1.54) is 11.0 Å². The molecule has 0 bridgehead atoms. The Labute approximate surface area is 134 Å². The van der Waals surface area contributed by atoms with Gasteiger partial charge in [-0.2, -0.15) is 4.98 Å². The highest BCUT2D eigenvalue weighted by molar-refractivity contribution is 7.91. The molecule has 118 valence electrons. The SMILES string of the molecule is Cc1cccc(CS(=O)(=O)Nc2ncn(-c3ccccc3)n2)c1. The molecule has 0 saturated heterocycles. The van der Waals surface area contributed by atoms with Gasteiger partial charge in [-0.3, -0.25) is 0 Å². The number of benzene rings is 2. The summed E-state index contributed by atoms with van der Waals surface area (Å²) in [6.07, 6.45) is 1.47. The average Bonchev–Trinajstić information content (AvgIpc) is 2.95. The van der Waals surface area contributed by atoms with Crippen LogP contribution in [0.3, 0.4) is 0 Å². The van der Waals surface area contributed by atoms with E-state index in [9.17, 15) is 8.42 Å². The highest BCUT2D eigenvalue weighted by Gasteiger charge is 2.14. The molecular weight excluding hydrogens is 312 g/mol. The number of aryl methyl sites for hydroxylation is 1. The largest absolute Gasteiger partial charge is 0.256 e. The fourth-order valence-corrected chi connectivity index (χ4v) is 3.27. The normalized spacial score (nSPS) is 11.3. The van der Waals surface area contributed by atoms with Crippen LogP contribution in [0.25, 0.3) is 5.69 Å². The van der Waals surface area contributed by atoms with E-state index in [1.807, 2.05) is 55.5 Å². The van der Waals surface area contributed by atoms with Gasteiger partial charge in [0.05, 0.1) is 11.4 Å². The summed E-state index contributed by atoms with van der Waals surface area (Å²) < 4.78 is 28.4. The van der Waals surface area contributed by atoms with Crippen LogP contribution in [0.4, 0.5) is 5.95 Å². The zero-order valence-electron chi connectivity index (χ0n) is 12.5. The summed E-state index contributed by atoms with van der Waals surface area (Å²) in [5.74, 6) is -0.0596. The van der Waals surface area contributed by atoms with Crippen LogP contribution in [-0.2, 0) is 15.8 Å². The van der Waals surface area contributed by atoms with Crippen molar-refractivity contribution >= 4 is 16.0 Å². The zero-order valence-corrected chi connectivity index (χ0v) is 13.4. The van der Waals surface area contributed by atoms with Crippen LogP contribution in [0, 0.1) is 6.92 Å². The number of aromatic nitrogens is 3. The summed E-state index contributed by atoms with van der Waals surface area (Å²) in [4.78, 5) is 4.00. The smallest absolute Gasteiger partial charge is 0.250 e. The Balaban J connectivity index is 1.75. The lowest BCUT2D eigenvalue weighted by Crippen LogP contribution is -2.16. The van der Waals surface area contributed by atoms with Gasteiger partial charge in [0.25, 0.3) is 5.95 Å². The van der Waals surface area contributed by atoms with Gasteiger partial charge in [0.2, 0.25) is 10.0 Å². The summed E-state index contributed by atoms with van der Waals surface area (Å²) in [7, 11) is -3.56. The standard InChI is InChI=1S/C16H16N4O2S/c1-13-6-5-7-14(10-13)11-23(21,22)19-16-17-12-20(18-16)15-8-3-2-4-9-15/h2-10,12H,11H2,1H3,(H,18,19). The number of hydrogen-bond donors (Lipinski definition) is 1. The number of nitrogens with one attached hydrogen (secondary N) is 1. The third kappa shape index (κ3) is 3.95. The number of para-hydroxylation sites is 1. The van der Waals surface area contributed by atoms with Gasteiger partial charge >= 0.3 is 0 Å². The second-order valence-corrected chi connectivity index (χ2v) is 6.92. The van der Waals surface area contributed by atoms with Crippen molar-refractivity contribution in [1.82, 2.24) is 14.8 Å². The van der Waals surface area contributed by atoms with Crippen LogP contribution in [0.5, 0.6) is 0 Å². The number of nitrogens with zero attached hydrogens (tertiary/aromatic N) is 3. The van der Waals surface area contributed by atoms with E-state index in [0.29, 0.717) is 0 Å². The molecule has 0 aliphatic carbocycles. The summed E-state index contributed by atoms with van der Waals surface area (Å²) >= 11 is 0. The molecule has 6 nitrogen and oxygen atoms in total. The van der Waals surface area contributed by atoms with Crippen molar-refractivity contribution in [2.24, 2.45) is 0 Å². The van der Waals surface area contributed by atoms with Gasteiger partial charge in [0, 0.05) is 0 Å². The van der Waals surface area contributed by atoms with Gasteiger partial charge in [-0.05, 0) is 24.6 Å². The summed E-state index contributed by atoms with van der Waals surface area (Å²) in [5.41, 5.74) is 2.55. The van der Waals surface area contributed by atoms with Crippen LogP contribution in [0.2, 0.25) is 0 Å². The first-order valence-corrected chi connectivity index (χ1v) is 8.70. The molecule has 0 atom stereocenters. The fraction of sp³-hybridized carbons (Fsp3) is 0.125. The lowest BCUT2D eigenvalue weighted by atomic mass is 10.2. The van der Waals surface area contributed by atoms with Crippen molar-refractivity contribution in [1.29, 1.82) is 0 Å². The van der Waals surface area contributed by atoms with Crippen LogP contribution < -0.4 is 4.72 Å². The van der Waals surface area contributed by atoms with Gasteiger partial charge in [0.15, 0.2) is 0 Å². The molecule has 0 unspecified atom stereocenters. The highest BCUT2D eigenvalue weighted by Crippen LogP contribution is 2.12. The molecule has 0 aliphatic rings.